The van der Waals surface area contributed by atoms with Crippen molar-refractivity contribution < 1.29 is 4.79 Å². The van der Waals surface area contributed by atoms with E-state index < -0.39 is 5.56 Å². The molecule has 1 amide bonds. The van der Waals surface area contributed by atoms with Crippen molar-refractivity contribution in [1.29, 1.82) is 5.26 Å². The summed E-state index contributed by atoms with van der Waals surface area (Å²) in [5, 5.41) is 9.74. The van der Waals surface area contributed by atoms with Gasteiger partial charge in [-0.05, 0) is 31.4 Å². The first kappa shape index (κ1) is 20.0. The zero-order valence-corrected chi connectivity index (χ0v) is 16.9. The number of piperidine rings is 1. The zero-order chi connectivity index (χ0) is 20.1. The Morgan fingerprint density at radius 2 is 1.93 bits per heavy atom. The van der Waals surface area contributed by atoms with Crippen molar-refractivity contribution in [2.75, 3.05) is 37.8 Å². The van der Waals surface area contributed by atoms with Crippen LogP contribution in [0.5, 0.6) is 0 Å². The van der Waals surface area contributed by atoms with Crippen molar-refractivity contribution in [3.63, 3.8) is 0 Å². The zero-order valence-electron chi connectivity index (χ0n) is 16.1. The maximum Gasteiger partial charge on any atom is 0.270 e. The number of anilines is 1. The molecule has 1 saturated heterocycles. The smallest absolute Gasteiger partial charge is 0.270 e. The first-order valence-electron chi connectivity index (χ1n) is 9.22. The number of thioether (sulfide) groups is 1. The van der Waals surface area contributed by atoms with Crippen LogP contribution in [0.1, 0.15) is 24.8 Å². The van der Waals surface area contributed by atoms with Gasteiger partial charge in [0.05, 0.1) is 11.4 Å². The highest BCUT2D eigenvalue weighted by atomic mass is 32.2. The number of carbonyl (C=O) groups excluding carboxylic acids is 1. The predicted octanol–water partition coefficient (Wildman–Crippen LogP) is 2.48. The number of amides is 1. The minimum absolute atomic E-state index is 0.0238. The van der Waals surface area contributed by atoms with Crippen LogP contribution in [0.2, 0.25) is 0 Å². The Morgan fingerprint density at radius 1 is 1.25 bits per heavy atom. The Morgan fingerprint density at radius 3 is 2.54 bits per heavy atom. The third-order valence-corrected chi connectivity index (χ3v) is 5.57. The lowest BCUT2D eigenvalue weighted by Crippen LogP contribution is -2.36. The SMILES string of the molecule is CN(C)c1ccc(-c2nc(SCC(=O)N3CCCCC3)[nH]c(=O)c2C#N)cc1. The third kappa shape index (κ3) is 4.54. The highest BCUT2D eigenvalue weighted by Gasteiger charge is 2.18. The second-order valence-electron chi connectivity index (χ2n) is 6.88. The fourth-order valence-electron chi connectivity index (χ4n) is 3.12. The standard InChI is InChI=1S/C20H23N5O2S/c1-24(2)15-8-6-14(7-9-15)18-16(12-21)19(27)23-20(22-18)28-13-17(26)25-10-4-3-5-11-25/h6-9H,3-5,10-11,13H2,1-2H3,(H,22,23,27). The molecule has 1 aliphatic heterocycles. The van der Waals surface area contributed by atoms with E-state index in [9.17, 15) is 14.9 Å². The van der Waals surface area contributed by atoms with Crippen molar-refractivity contribution >= 4 is 23.4 Å². The molecule has 7 nitrogen and oxygen atoms in total. The van der Waals surface area contributed by atoms with Gasteiger partial charge < -0.3 is 14.8 Å². The average molecular weight is 398 g/mol. The number of nitrogens with zero attached hydrogens (tertiary/aromatic N) is 4. The molecule has 1 N–H and O–H groups in total. The van der Waals surface area contributed by atoms with Crippen LogP contribution in [-0.4, -0.2) is 53.7 Å². The molecule has 0 radical (unpaired) electrons. The van der Waals surface area contributed by atoms with Crippen LogP contribution in [0, 0.1) is 11.3 Å². The van der Waals surface area contributed by atoms with E-state index in [0.717, 1.165) is 38.0 Å². The van der Waals surface area contributed by atoms with Crippen molar-refractivity contribution in [1.82, 2.24) is 14.9 Å². The van der Waals surface area contributed by atoms with Crippen molar-refractivity contribution in [2.45, 2.75) is 24.4 Å². The summed E-state index contributed by atoms with van der Waals surface area (Å²) in [6.45, 7) is 1.58. The molecule has 0 atom stereocenters. The molecule has 146 valence electrons. The van der Waals surface area contributed by atoms with Crippen LogP contribution >= 0.6 is 11.8 Å². The van der Waals surface area contributed by atoms with Crippen LogP contribution in [0.25, 0.3) is 11.3 Å². The molecule has 0 unspecified atom stereocenters. The molecule has 0 bridgehead atoms. The van der Waals surface area contributed by atoms with Gasteiger partial charge in [0.25, 0.3) is 5.56 Å². The van der Waals surface area contributed by atoms with Crippen LogP contribution in [0.3, 0.4) is 0 Å². The lowest BCUT2D eigenvalue weighted by Gasteiger charge is -2.26. The molecule has 2 aromatic rings. The van der Waals surface area contributed by atoms with Crippen molar-refractivity contribution in [3.8, 4) is 17.3 Å². The number of H-pyrrole nitrogens is 1. The van der Waals surface area contributed by atoms with Gasteiger partial charge in [0.15, 0.2) is 5.16 Å². The first-order chi connectivity index (χ1) is 13.5. The first-order valence-corrected chi connectivity index (χ1v) is 10.2. The van der Waals surface area contributed by atoms with E-state index >= 15 is 0 Å². The van der Waals surface area contributed by atoms with E-state index in [1.54, 1.807) is 0 Å². The van der Waals surface area contributed by atoms with Gasteiger partial charge in [0.2, 0.25) is 5.91 Å². The summed E-state index contributed by atoms with van der Waals surface area (Å²) in [5.41, 5.74) is 1.53. The van der Waals surface area contributed by atoms with E-state index in [-0.39, 0.29) is 17.2 Å². The van der Waals surface area contributed by atoms with Gasteiger partial charge in [-0.15, -0.1) is 0 Å². The number of benzene rings is 1. The van der Waals surface area contributed by atoms with E-state index in [4.69, 9.17) is 0 Å². The fraction of sp³-hybridized carbons (Fsp3) is 0.400. The highest BCUT2D eigenvalue weighted by Crippen LogP contribution is 2.24. The maximum absolute atomic E-state index is 12.4. The second-order valence-corrected chi connectivity index (χ2v) is 7.84. The molecule has 8 heteroatoms. The van der Waals surface area contributed by atoms with E-state index in [1.165, 1.54) is 11.8 Å². The summed E-state index contributed by atoms with van der Waals surface area (Å²) < 4.78 is 0. The van der Waals surface area contributed by atoms with Gasteiger partial charge in [-0.2, -0.15) is 5.26 Å². The summed E-state index contributed by atoms with van der Waals surface area (Å²) >= 11 is 1.20. The molecule has 2 heterocycles. The number of aromatic nitrogens is 2. The van der Waals surface area contributed by atoms with Crippen molar-refractivity contribution in [2.24, 2.45) is 0 Å². The molecular weight excluding hydrogens is 374 g/mol. The fourth-order valence-corrected chi connectivity index (χ4v) is 3.88. The van der Waals surface area contributed by atoms with Crippen LogP contribution < -0.4 is 10.5 Å². The van der Waals surface area contributed by atoms with Gasteiger partial charge >= 0.3 is 0 Å². The van der Waals surface area contributed by atoms with Crippen molar-refractivity contribution in [3.05, 3.63) is 40.2 Å². The average Bonchev–Trinajstić information content (AvgIpc) is 2.72. The predicted molar refractivity (Wildman–Crippen MR) is 110 cm³/mol. The van der Waals surface area contributed by atoms with E-state index in [0.29, 0.717) is 16.4 Å². The van der Waals surface area contributed by atoms with Crippen LogP contribution in [0.4, 0.5) is 5.69 Å². The molecule has 1 aromatic heterocycles. The summed E-state index contributed by atoms with van der Waals surface area (Å²) in [5.74, 6) is 0.266. The number of likely N-dealkylation sites (tertiary alicyclic amines) is 1. The second kappa shape index (κ2) is 8.93. The molecular formula is C20H23N5O2S. The number of hydrogen-bond donors (Lipinski definition) is 1. The summed E-state index contributed by atoms with van der Waals surface area (Å²) in [4.78, 5) is 35.6. The third-order valence-electron chi connectivity index (χ3n) is 4.71. The van der Waals surface area contributed by atoms with E-state index in [2.05, 4.69) is 9.97 Å². The molecule has 0 saturated carbocycles. The number of nitrogens with one attached hydrogen (secondary N) is 1. The number of hydrogen-bond acceptors (Lipinski definition) is 6. The number of aromatic amines is 1. The normalized spacial score (nSPS) is 13.8. The Bertz CT molecular complexity index is 941. The molecule has 0 spiro atoms. The topological polar surface area (TPSA) is 93.1 Å². The van der Waals surface area contributed by atoms with Gasteiger partial charge in [0.1, 0.15) is 11.6 Å². The molecule has 3 rings (SSSR count). The quantitative estimate of drug-likeness (QED) is 0.615. The van der Waals surface area contributed by atoms with Gasteiger partial charge in [-0.1, -0.05) is 23.9 Å². The van der Waals surface area contributed by atoms with Gasteiger partial charge in [0, 0.05) is 38.4 Å². The Hall–Kier alpha value is -2.79. The largest absolute Gasteiger partial charge is 0.378 e. The van der Waals surface area contributed by atoms with Gasteiger partial charge in [-0.25, -0.2) is 4.98 Å². The highest BCUT2D eigenvalue weighted by molar-refractivity contribution is 7.99. The number of carbonyl (C=O) groups is 1. The Labute approximate surface area is 168 Å². The van der Waals surface area contributed by atoms with Gasteiger partial charge in [-0.3, -0.25) is 9.59 Å². The van der Waals surface area contributed by atoms with Crippen LogP contribution in [0.15, 0.2) is 34.2 Å². The summed E-state index contributed by atoms with van der Waals surface area (Å²) in [7, 11) is 3.88. The Kier molecular flexibility index (Phi) is 6.37. The maximum atomic E-state index is 12.4. The molecule has 0 aliphatic carbocycles. The molecule has 1 aliphatic rings. The Balaban J connectivity index is 1.82. The monoisotopic (exact) mass is 397 g/mol. The summed E-state index contributed by atoms with van der Waals surface area (Å²) in [6, 6.07) is 9.44. The van der Waals surface area contributed by atoms with Crippen LogP contribution in [-0.2, 0) is 4.79 Å². The minimum Gasteiger partial charge on any atom is -0.378 e. The lowest BCUT2D eigenvalue weighted by atomic mass is 10.1. The number of nitriles is 1. The minimum atomic E-state index is -0.489. The number of rotatable bonds is 5. The molecule has 1 fully saturated rings. The molecule has 28 heavy (non-hydrogen) atoms. The molecule has 1 aromatic carbocycles. The van der Waals surface area contributed by atoms with E-state index in [1.807, 2.05) is 54.2 Å². The summed E-state index contributed by atoms with van der Waals surface area (Å²) in [6.07, 6.45) is 3.24. The lowest BCUT2D eigenvalue weighted by molar-refractivity contribution is -0.129.